The Hall–Kier alpha value is -2.44. The number of hydrogen-bond acceptors (Lipinski definition) is 5. The van der Waals surface area contributed by atoms with Gasteiger partial charge in [-0.05, 0) is 26.8 Å². The smallest absolute Gasteiger partial charge is 0.311 e. The monoisotopic (exact) mass is 276 g/mol. The molecule has 0 radical (unpaired) electrons. The van der Waals surface area contributed by atoms with Crippen LogP contribution in [0.4, 0.5) is 5.69 Å². The number of hydrogen-bond donors (Lipinski definition) is 0. The standard InChI is InChI=1S/C13H16N4O3/c1-4-20-12-10(6-5-7-11(12)17(18)19)13-15-14-8-16(13)9(2)3/h5-9H,4H2,1-3H3. The molecule has 1 aromatic heterocycles. The van der Waals surface area contributed by atoms with Crippen molar-refractivity contribution in [1.29, 1.82) is 0 Å². The van der Waals surface area contributed by atoms with Gasteiger partial charge in [-0.15, -0.1) is 10.2 Å². The van der Waals surface area contributed by atoms with Gasteiger partial charge in [0, 0.05) is 12.1 Å². The second kappa shape index (κ2) is 5.68. The van der Waals surface area contributed by atoms with Crippen LogP contribution in [0.25, 0.3) is 11.4 Å². The number of aromatic nitrogens is 3. The predicted octanol–water partition coefficient (Wildman–Crippen LogP) is 2.83. The lowest BCUT2D eigenvalue weighted by atomic mass is 10.1. The molecule has 0 unspecified atom stereocenters. The summed E-state index contributed by atoms with van der Waals surface area (Å²) in [4.78, 5) is 10.7. The highest BCUT2D eigenvalue weighted by Gasteiger charge is 2.23. The minimum absolute atomic E-state index is 0.0670. The molecular formula is C13H16N4O3. The number of nitro benzene ring substituents is 1. The molecule has 20 heavy (non-hydrogen) atoms. The highest BCUT2D eigenvalue weighted by atomic mass is 16.6. The second-order valence-corrected chi connectivity index (χ2v) is 4.50. The first-order valence-electron chi connectivity index (χ1n) is 6.36. The molecule has 0 aliphatic rings. The highest BCUT2D eigenvalue weighted by molar-refractivity contribution is 5.71. The lowest BCUT2D eigenvalue weighted by Crippen LogP contribution is -2.05. The lowest BCUT2D eigenvalue weighted by molar-refractivity contribution is -0.385. The normalized spacial score (nSPS) is 10.8. The number of nitrogens with zero attached hydrogens (tertiary/aromatic N) is 4. The fourth-order valence-corrected chi connectivity index (χ4v) is 1.95. The van der Waals surface area contributed by atoms with Crippen LogP contribution in [0.2, 0.25) is 0 Å². The van der Waals surface area contributed by atoms with Crippen molar-refractivity contribution in [2.24, 2.45) is 0 Å². The van der Waals surface area contributed by atoms with Crippen LogP contribution in [0, 0.1) is 10.1 Å². The average Bonchev–Trinajstić information content (AvgIpc) is 2.88. The Balaban J connectivity index is 2.64. The van der Waals surface area contributed by atoms with E-state index >= 15 is 0 Å². The topological polar surface area (TPSA) is 83.1 Å². The van der Waals surface area contributed by atoms with Gasteiger partial charge in [0.05, 0.1) is 17.1 Å². The number of benzene rings is 1. The van der Waals surface area contributed by atoms with E-state index in [1.165, 1.54) is 6.07 Å². The third-order valence-electron chi connectivity index (χ3n) is 2.85. The molecule has 0 fully saturated rings. The minimum Gasteiger partial charge on any atom is -0.487 e. The Morgan fingerprint density at radius 1 is 1.45 bits per heavy atom. The SMILES string of the molecule is CCOc1c(-c2nncn2C(C)C)cccc1[N+](=O)[O-]. The summed E-state index contributed by atoms with van der Waals surface area (Å²) in [5.74, 6) is 0.794. The number of ether oxygens (including phenoxy) is 1. The van der Waals surface area contributed by atoms with Crippen LogP contribution in [0.5, 0.6) is 5.75 Å². The molecule has 1 heterocycles. The zero-order chi connectivity index (χ0) is 14.7. The molecule has 7 heteroatoms. The third-order valence-corrected chi connectivity index (χ3v) is 2.85. The first-order chi connectivity index (χ1) is 9.56. The Bertz CT molecular complexity index is 622. The summed E-state index contributed by atoms with van der Waals surface area (Å²) >= 11 is 0. The molecule has 0 atom stereocenters. The van der Waals surface area contributed by atoms with E-state index in [9.17, 15) is 10.1 Å². The summed E-state index contributed by atoms with van der Waals surface area (Å²) < 4.78 is 7.31. The molecule has 0 N–H and O–H groups in total. The summed E-state index contributed by atoms with van der Waals surface area (Å²) in [6.45, 7) is 6.11. The van der Waals surface area contributed by atoms with Crippen molar-refractivity contribution in [3.63, 3.8) is 0 Å². The van der Waals surface area contributed by atoms with E-state index in [2.05, 4.69) is 10.2 Å². The molecule has 2 rings (SSSR count). The van der Waals surface area contributed by atoms with E-state index in [1.807, 2.05) is 18.4 Å². The van der Waals surface area contributed by atoms with Gasteiger partial charge < -0.3 is 9.30 Å². The molecule has 0 aliphatic heterocycles. The van der Waals surface area contributed by atoms with Crippen LogP contribution in [0.1, 0.15) is 26.8 Å². The van der Waals surface area contributed by atoms with Gasteiger partial charge in [0.1, 0.15) is 6.33 Å². The first kappa shape index (κ1) is 14.0. The molecule has 1 aromatic carbocycles. The molecule has 0 spiro atoms. The lowest BCUT2D eigenvalue weighted by Gasteiger charge is -2.13. The Kier molecular flexibility index (Phi) is 3.97. The second-order valence-electron chi connectivity index (χ2n) is 4.50. The fourth-order valence-electron chi connectivity index (χ4n) is 1.95. The van der Waals surface area contributed by atoms with Crippen LogP contribution in [0.3, 0.4) is 0 Å². The Morgan fingerprint density at radius 2 is 2.20 bits per heavy atom. The molecule has 0 saturated carbocycles. The summed E-state index contributed by atoms with van der Waals surface area (Å²) in [6, 6.07) is 4.94. The third kappa shape index (κ3) is 2.47. The summed E-state index contributed by atoms with van der Waals surface area (Å²) in [6.07, 6.45) is 1.61. The summed E-state index contributed by atoms with van der Waals surface area (Å²) in [7, 11) is 0. The van der Waals surface area contributed by atoms with Crippen molar-refractivity contribution in [2.45, 2.75) is 26.8 Å². The molecular weight excluding hydrogens is 260 g/mol. The Morgan fingerprint density at radius 3 is 2.80 bits per heavy atom. The van der Waals surface area contributed by atoms with E-state index in [0.29, 0.717) is 18.0 Å². The zero-order valence-electron chi connectivity index (χ0n) is 11.6. The minimum atomic E-state index is -0.454. The van der Waals surface area contributed by atoms with E-state index in [0.717, 1.165) is 0 Å². The molecule has 7 nitrogen and oxygen atoms in total. The van der Waals surface area contributed by atoms with Crippen molar-refractivity contribution in [3.05, 3.63) is 34.6 Å². The van der Waals surface area contributed by atoms with Crippen molar-refractivity contribution in [2.75, 3.05) is 6.61 Å². The summed E-state index contributed by atoms with van der Waals surface area (Å²) in [5, 5.41) is 19.1. The molecule has 106 valence electrons. The van der Waals surface area contributed by atoms with Crippen LogP contribution in [0.15, 0.2) is 24.5 Å². The fraction of sp³-hybridized carbons (Fsp3) is 0.385. The van der Waals surface area contributed by atoms with Crippen LogP contribution < -0.4 is 4.74 Å². The van der Waals surface area contributed by atoms with Crippen molar-refractivity contribution < 1.29 is 9.66 Å². The molecule has 0 aliphatic carbocycles. The summed E-state index contributed by atoms with van der Waals surface area (Å²) in [5.41, 5.74) is 0.509. The number of nitro groups is 1. The van der Waals surface area contributed by atoms with Gasteiger partial charge in [0.25, 0.3) is 0 Å². The van der Waals surface area contributed by atoms with Crippen LogP contribution in [-0.2, 0) is 0 Å². The predicted molar refractivity (Wildman–Crippen MR) is 73.7 cm³/mol. The molecule has 2 aromatic rings. The van der Waals surface area contributed by atoms with E-state index < -0.39 is 4.92 Å². The first-order valence-corrected chi connectivity index (χ1v) is 6.36. The van der Waals surface area contributed by atoms with Crippen molar-refractivity contribution in [3.8, 4) is 17.1 Å². The van der Waals surface area contributed by atoms with Gasteiger partial charge in [0.15, 0.2) is 5.82 Å². The maximum Gasteiger partial charge on any atom is 0.311 e. The molecule has 0 saturated heterocycles. The van der Waals surface area contributed by atoms with Gasteiger partial charge in [-0.2, -0.15) is 0 Å². The van der Waals surface area contributed by atoms with Crippen molar-refractivity contribution >= 4 is 5.69 Å². The van der Waals surface area contributed by atoms with Gasteiger partial charge in [-0.1, -0.05) is 6.07 Å². The largest absolute Gasteiger partial charge is 0.487 e. The van der Waals surface area contributed by atoms with Crippen LogP contribution >= 0.6 is 0 Å². The van der Waals surface area contributed by atoms with Gasteiger partial charge >= 0.3 is 5.69 Å². The van der Waals surface area contributed by atoms with Crippen molar-refractivity contribution in [1.82, 2.24) is 14.8 Å². The van der Waals surface area contributed by atoms with Gasteiger partial charge in [0.2, 0.25) is 5.75 Å². The zero-order valence-corrected chi connectivity index (χ0v) is 11.6. The number of rotatable bonds is 5. The van der Waals surface area contributed by atoms with E-state index in [-0.39, 0.29) is 17.5 Å². The van der Waals surface area contributed by atoms with Gasteiger partial charge in [-0.3, -0.25) is 10.1 Å². The van der Waals surface area contributed by atoms with Gasteiger partial charge in [-0.25, -0.2) is 0 Å². The van der Waals surface area contributed by atoms with E-state index in [4.69, 9.17) is 4.74 Å². The highest BCUT2D eigenvalue weighted by Crippen LogP contribution is 2.37. The molecule has 0 bridgehead atoms. The van der Waals surface area contributed by atoms with Crippen LogP contribution in [-0.4, -0.2) is 26.3 Å². The Labute approximate surface area is 116 Å². The molecule has 0 amide bonds. The van der Waals surface area contributed by atoms with E-state index in [1.54, 1.807) is 25.4 Å². The average molecular weight is 276 g/mol. The quantitative estimate of drug-likeness (QED) is 0.619. The number of para-hydroxylation sites is 1. The maximum absolute atomic E-state index is 11.1. The maximum atomic E-state index is 11.1.